The van der Waals surface area contributed by atoms with Gasteiger partial charge in [0.05, 0.1) is 12.0 Å². The van der Waals surface area contributed by atoms with Crippen LogP contribution in [0.1, 0.15) is 0 Å². The third-order valence-electron chi connectivity index (χ3n) is 4.39. The summed E-state index contributed by atoms with van der Waals surface area (Å²) < 4.78 is 38.6. The lowest BCUT2D eigenvalue weighted by Gasteiger charge is -2.07. The van der Waals surface area contributed by atoms with E-state index in [1.54, 1.807) is 67.8 Å². The van der Waals surface area contributed by atoms with Crippen LogP contribution in [-0.2, 0) is 9.84 Å². The molecule has 0 unspecified atom stereocenters. The van der Waals surface area contributed by atoms with Crippen LogP contribution in [0.4, 0.5) is 11.6 Å². The van der Waals surface area contributed by atoms with Crippen LogP contribution in [0.25, 0.3) is 11.5 Å². The Morgan fingerprint density at radius 3 is 2.42 bits per heavy atom. The number of methoxy groups -OCH3 is 1. The van der Waals surface area contributed by atoms with E-state index in [9.17, 15) is 8.42 Å². The quantitative estimate of drug-likeness (QED) is 0.320. The van der Waals surface area contributed by atoms with Gasteiger partial charge in [-0.25, -0.2) is 8.42 Å². The Balaban J connectivity index is 1.83. The van der Waals surface area contributed by atoms with Crippen molar-refractivity contribution in [1.29, 1.82) is 0 Å². The Bertz CT molecular complexity index is 1320. The number of nitrogens with zero attached hydrogens (tertiary/aromatic N) is 1. The second-order valence-electron chi connectivity index (χ2n) is 6.47. The molecule has 0 aliphatic rings. The first kappa shape index (κ1) is 21.4. The molecule has 1 N–H and O–H groups in total. The minimum atomic E-state index is -3.96. The van der Waals surface area contributed by atoms with Gasteiger partial charge in [-0.1, -0.05) is 33.6 Å². The second kappa shape index (κ2) is 8.74. The Morgan fingerprint density at radius 2 is 1.74 bits per heavy atom. The molecule has 4 aromatic rings. The molecule has 0 spiro atoms. The van der Waals surface area contributed by atoms with Gasteiger partial charge in [-0.2, -0.15) is 4.98 Å². The summed E-state index contributed by atoms with van der Waals surface area (Å²) >= 11 is 9.28. The van der Waals surface area contributed by atoms with Crippen LogP contribution in [0.2, 0.25) is 5.02 Å². The summed E-state index contributed by atoms with van der Waals surface area (Å²) in [5, 5.41) is 3.34. The molecular formula is C22H16BrClN2O4S. The molecule has 4 rings (SSSR count). The summed E-state index contributed by atoms with van der Waals surface area (Å²) in [5.41, 5.74) is 1.18. The summed E-state index contributed by atoms with van der Waals surface area (Å²) in [5.74, 6) is 0.763. The molecule has 0 amide bonds. The molecule has 0 bridgehead atoms. The highest BCUT2D eigenvalue weighted by atomic mass is 79.9. The van der Waals surface area contributed by atoms with Gasteiger partial charge in [0, 0.05) is 26.8 Å². The molecular weight excluding hydrogens is 504 g/mol. The maximum absolute atomic E-state index is 13.4. The maximum Gasteiger partial charge on any atom is 0.238 e. The summed E-state index contributed by atoms with van der Waals surface area (Å²) in [4.78, 5) is 4.41. The monoisotopic (exact) mass is 518 g/mol. The molecule has 0 saturated heterocycles. The number of nitrogens with one attached hydrogen (secondary N) is 1. The predicted octanol–water partition coefficient (Wildman–Crippen LogP) is 6.34. The van der Waals surface area contributed by atoms with Crippen molar-refractivity contribution >= 4 is 48.9 Å². The zero-order valence-electron chi connectivity index (χ0n) is 16.2. The van der Waals surface area contributed by atoms with E-state index in [1.807, 2.05) is 0 Å². The van der Waals surface area contributed by atoms with E-state index in [-0.39, 0.29) is 21.7 Å². The lowest BCUT2D eigenvalue weighted by atomic mass is 10.2. The van der Waals surface area contributed by atoms with E-state index >= 15 is 0 Å². The highest BCUT2D eigenvalue weighted by Gasteiger charge is 2.29. The van der Waals surface area contributed by atoms with Crippen LogP contribution >= 0.6 is 27.5 Å². The van der Waals surface area contributed by atoms with Crippen LogP contribution in [0.5, 0.6) is 5.75 Å². The van der Waals surface area contributed by atoms with Gasteiger partial charge in [-0.3, -0.25) is 0 Å². The summed E-state index contributed by atoms with van der Waals surface area (Å²) in [6.45, 7) is 0. The predicted molar refractivity (Wildman–Crippen MR) is 123 cm³/mol. The van der Waals surface area contributed by atoms with Gasteiger partial charge in [-0.15, -0.1) is 0 Å². The number of ether oxygens (including phenoxy) is 1. The van der Waals surface area contributed by atoms with Crippen LogP contribution in [0.15, 0.2) is 91.6 Å². The Morgan fingerprint density at radius 1 is 1.03 bits per heavy atom. The number of oxazole rings is 1. The molecule has 9 heteroatoms. The molecule has 0 aliphatic heterocycles. The number of halogens is 2. The van der Waals surface area contributed by atoms with E-state index in [2.05, 4.69) is 26.2 Å². The zero-order valence-corrected chi connectivity index (χ0v) is 19.3. The first-order valence-corrected chi connectivity index (χ1v) is 11.7. The number of anilines is 2. The third-order valence-corrected chi connectivity index (χ3v) is 6.85. The van der Waals surface area contributed by atoms with Crippen molar-refractivity contribution < 1.29 is 17.6 Å². The SMILES string of the molecule is COc1cccc(Nc2oc(-c3ccc(Cl)cc3)nc2S(=O)(=O)c2ccc(Br)cc2)c1. The first-order valence-electron chi connectivity index (χ1n) is 9.05. The molecule has 0 fully saturated rings. The van der Waals surface area contributed by atoms with Crippen molar-refractivity contribution in [2.75, 3.05) is 12.4 Å². The highest BCUT2D eigenvalue weighted by molar-refractivity contribution is 9.10. The van der Waals surface area contributed by atoms with Gasteiger partial charge in [0.25, 0.3) is 0 Å². The molecule has 31 heavy (non-hydrogen) atoms. The van der Waals surface area contributed by atoms with E-state index in [1.165, 1.54) is 12.1 Å². The average Bonchev–Trinajstić information content (AvgIpc) is 3.19. The van der Waals surface area contributed by atoms with Gasteiger partial charge < -0.3 is 14.5 Å². The van der Waals surface area contributed by atoms with Crippen molar-refractivity contribution in [2.24, 2.45) is 0 Å². The van der Waals surface area contributed by atoms with Crippen LogP contribution in [0, 0.1) is 0 Å². The molecule has 158 valence electrons. The van der Waals surface area contributed by atoms with Crippen LogP contribution in [-0.4, -0.2) is 20.5 Å². The van der Waals surface area contributed by atoms with Gasteiger partial charge in [-0.05, 0) is 60.7 Å². The molecule has 1 aromatic heterocycles. The molecule has 0 atom stereocenters. The van der Waals surface area contributed by atoms with E-state index in [4.69, 9.17) is 20.8 Å². The summed E-state index contributed by atoms with van der Waals surface area (Å²) in [6.07, 6.45) is 0. The summed E-state index contributed by atoms with van der Waals surface area (Å²) in [6, 6.07) is 20.1. The lowest BCUT2D eigenvalue weighted by molar-refractivity contribution is 0.415. The number of aromatic nitrogens is 1. The van der Waals surface area contributed by atoms with E-state index < -0.39 is 9.84 Å². The number of rotatable bonds is 6. The first-order chi connectivity index (χ1) is 14.9. The molecule has 3 aromatic carbocycles. The minimum Gasteiger partial charge on any atom is -0.497 e. The number of hydrogen-bond acceptors (Lipinski definition) is 6. The standard InChI is InChI=1S/C22H16BrClN2O4S/c1-29-18-4-2-3-17(13-18)25-21-22(31(27,28)19-11-7-15(23)8-12-19)26-20(30-21)14-5-9-16(24)10-6-14/h2-13,25H,1H3. The lowest BCUT2D eigenvalue weighted by Crippen LogP contribution is -2.05. The minimum absolute atomic E-state index is 0.00104. The summed E-state index contributed by atoms with van der Waals surface area (Å²) in [7, 11) is -2.41. The Kier molecular flexibility index (Phi) is 6.04. The third kappa shape index (κ3) is 4.61. The van der Waals surface area contributed by atoms with Crippen molar-refractivity contribution in [3.8, 4) is 17.2 Å². The fraction of sp³-hybridized carbons (Fsp3) is 0.0455. The fourth-order valence-corrected chi connectivity index (χ4v) is 4.49. The number of sulfone groups is 1. The fourth-order valence-electron chi connectivity index (χ4n) is 2.84. The van der Waals surface area contributed by atoms with Crippen molar-refractivity contribution in [1.82, 2.24) is 4.98 Å². The Hall–Kier alpha value is -2.81. The maximum atomic E-state index is 13.4. The molecule has 0 saturated carbocycles. The van der Waals surface area contributed by atoms with E-state index in [0.717, 1.165) is 4.47 Å². The Labute approximate surface area is 192 Å². The van der Waals surface area contributed by atoms with Crippen LogP contribution < -0.4 is 10.1 Å². The smallest absolute Gasteiger partial charge is 0.238 e. The van der Waals surface area contributed by atoms with Gasteiger partial charge >= 0.3 is 0 Å². The molecule has 1 heterocycles. The number of hydrogen-bond donors (Lipinski definition) is 1. The van der Waals surface area contributed by atoms with Gasteiger partial charge in [0.1, 0.15) is 5.75 Å². The van der Waals surface area contributed by atoms with Crippen molar-refractivity contribution in [2.45, 2.75) is 9.92 Å². The van der Waals surface area contributed by atoms with Gasteiger partial charge in [0.2, 0.25) is 26.6 Å². The highest BCUT2D eigenvalue weighted by Crippen LogP contribution is 2.35. The number of benzene rings is 3. The van der Waals surface area contributed by atoms with Crippen molar-refractivity contribution in [3.05, 3.63) is 82.3 Å². The molecule has 6 nitrogen and oxygen atoms in total. The van der Waals surface area contributed by atoms with E-state index in [0.29, 0.717) is 22.0 Å². The second-order valence-corrected chi connectivity index (χ2v) is 9.69. The largest absolute Gasteiger partial charge is 0.497 e. The zero-order chi connectivity index (χ0) is 22.0. The molecule has 0 radical (unpaired) electrons. The average molecular weight is 520 g/mol. The molecule has 0 aliphatic carbocycles. The van der Waals surface area contributed by atoms with Gasteiger partial charge in [0.15, 0.2) is 0 Å². The van der Waals surface area contributed by atoms with Crippen molar-refractivity contribution in [3.63, 3.8) is 0 Å². The normalized spacial score (nSPS) is 11.3. The van der Waals surface area contributed by atoms with Crippen LogP contribution in [0.3, 0.4) is 0 Å². The topological polar surface area (TPSA) is 81.4 Å².